The first-order valence-electron chi connectivity index (χ1n) is 9.04. The standard InChI is InChI=1S/C19H25FN4.ClH/c20-16-3-5-17(6-4-16)24-18(7-11-22-24)14-23-12-8-15(9-13-23)19-2-1-10-21-19;/h3-7,11,15,19,21H,1-2,8-10,12-14H2;1H. The van der Waals surface area contributed by atoms with Crippen molar-refractivity contribution < 1.29 is 4.39 Å². The monoisotopic (exact) mass is 364 g/mol. The Balaban J connectivity index is 0.00000182. The topological polar surface area (TPSA) is 33.1 Å². The van der Waals surface area contributed by atoms with Gasteiger partial charge in [0.1, 0.15) is 5.82 Å². The summed E-state index contributed by atoms with van der Waals surface area (Å²) in [7, 11) is 0. The Bertz CT molecular complexity index is 658. The molecule has 1 N–H and O–H groups in total. The Hall–Kier alpha value is -1.43. The molecule has 4 nitrogen and oxygen atoms in total. The molecular formula is C19H26ClFN4. The molecule has 0 spiro atoms. The van der Waals surface area contributed by atoms with E-state index in [0.717, 1.165) is 37.3 Å². The Kier molecular flexibility index (Phi) is 6.10. The van der Waals surface area contributed by atoms with Crippen molar-refractivity contribution in [2.75, 3.05) is 19.6 Å². The van der Waals surface area contributed by atoms with Crippen LogP contribution in [0.2, 0.25) is 0 Å². The zero-order chi connectivity index (χ0) is 16.4. The SMILES string of the molecule is Cl.Fc1ccc(-n2nccc2CN2CCC(C3CCCN3)CC2)cc1. The van der Waals surface area contributed by atoms with Crippen LogP contribution in [0.25, 0.3) is 5.69 Å². The van der Waals surface area contributed by atoms with Gasteiger partial charge in [0, 0.05) is 18.8 Å². The van der Waals surface area contributed by atoms with Crippen molar-refractivity contribution in [1.82, 2.24) is 20.0 Å². The molecular weight excluding hydrogens is 339 g/mol. The Morgan fingerprint density at radius 2 is 1.84 bits per heavy atom. The third kappa shape index (κ3) is 4.22. The second kappa shape index (κ2) is 8.30. The summed E-state index contributed by atoms with van der Waals surface area (Å²) in [4.78, 5) is 2.52. The summed E-state index contributed by atoms with van der Waals surface area (Å²) >= 11 is 0. The maximum Gasteiger partial charge on any atom is 0.123 e. The van der Waals surface area contributed by atoms with Gasteiger partial charge in [-0.2, -0.15) is 5.10 Å². The molecule has 0 bridgehead atoms. The number of nitrogens with one attached hydrogen (secondary N) is 1. The Morgan fingerprint density at radius 3 is 2.52 bits per heavy atom. The van der Waals surface area contributed by atoms with Gasteiger partial charge >= 0.3 is 0 Å². The largest absolute Gasteiger partial charge is 0.314 e. The van der Waals surface area contributed by atoms with E-state index in [2.05, 4.69) is 21.4 Å². The van der Waals surface area contributed by atoms with E-state index in [0.29, 0.717) is 0 Å². The first-order chi connectivity index (χ1) is 11.8. The van der Waals surface area contributed by atoms with Gasteiger partial charge in [-0.05, 0) is 81.6 Å². The molecule has 0 aliphatic carbocycles. The predicted octanol–water partition coefficient (Wildman–Crippen LogP) is 3.40. The van der Waals surface area contributed by atoms with Crippen LogP contribution in [0.3, 0.4) is 0 Å². The zero-order valence-corrected chi connectivity index (χ0v) is 15.2. The van der Waals surface area contributed by atoms with Gasteiger partial charge < -0.3 is 5.32 Å². The first kappa shape index (κ1) is 18.4. The van der Waals surface area contributed by atoms with Crippen LogP contribution in [-0.2, 0) is 6.54 Å². The highest BCUT2D eigenvalue weighted by Gasteiger charge is 2.28. The lowest BCUT2D eigenvalue weighted by atomic mass is 9.88. The molecule has 1 unspecified atom stereocenters. The van der Waals surface area contributed by atoms with E-state index in [-0.39, 0.29) is 18.2 Å². The molecule has 2 aliphatic heterocycles. The summed E-state index contributed by atoms with van der Waals surface area (Å²) in [6, 6.07) is 9.35. The van der Waals surface area contributed by atoms with Crippen molar-refractivity contribution in [2.24, 2.45) is 5.92 Å². The van der Waals surface area contributed by atoms with E-state index in [4.69, 9.17) is 0 Å². The second-order valence-electron chi connectivity index (χ2n) is 7.03. The number of piperidine rings is 1. The maximum atomic E-state index is 13.1. The van der Waals surface area contributed by atoms with Crippen molar-refractivity contribution in [2.45, 2.75) is 38.3 Å². The predicted molar refractivity (Wildman–Crippen MR) is 99.8 cm³/mol. The molecule has 2 aromatic rings. The fraction of sp³-hybridized carbons (Fsp3) is 0.526. The highest BCUT2D eigenvalue weighted by atomic mass is 35.5. The fourth-order valence-corrected chi connectivity index (χ4v) is 4.12. The lowest BCUT2D eigenvalue weighted by molar-refractivity contribution is 0.155. The molecule has 0 amide bonds. The quantitative estimate of drug-likeness (QED) is 0.902. The van der Waals surface area contributed by atoms with E-state index in [1.54, 1.807) is 12.1 Å². The summed E-state index contributed by atoms with van der Waals surface area (Å²) in [5, 5.41) is 8.08. The number of nitrogens with zero attached hydrogens (tertiary/aromatic N) is 3. The number of benzene rings is 1. The third-order valence-corrected chi connectivity index (χ3v) is 5.48. The van der Waals surface area contributed by atoms with Gasteiger partial charge in [-0.15, -0.1) is 12.4 Å². The maximum absolute atomic E-state index is 13.1. The number of rotatable bonds is 4. The molecule has 4 rings (SSSR count). The Morgan fingerprint density at radius 1 is 1.08 bits per heavy atom. The number of hydrogen-bond donors (Lipinski definition) is 1. The van der Waals surface area contributed by atoms with E-state index < -0.39 is 0 Å². The van der Waals surface area contributed by atoms with Crippen molar-refractivity contribution >= 4 is 12.4 Å². The van der Waals surface area contributed by atoms with Crippen LogP contribution in [0.5, 0.6) is 0 Å². The highest BCUT2D eigenvalue weighted by molar-refractivity contribution is 5.85. The van der Waals surface area contributed by atoms with Crippen LogP contribution in [0.15, 0.2) is 36.5 Å². The molecule has 3 heterocycles. The average Bonchev–Trinajstić information content (AvgIpc) is 3.28. The summed E-state index contributed by atoms with van der Waals surface area (Å²) in [6.45, 7) is 4.40. The first-order valence-corrected chi connectivity index (χ1v) is 9.04. The van der Waals surface area contributed by atoms with Crippen molar-refractivity contribution in [3.8, 4) is 5.69 Å². The van der Waals surface area contributed by atoms with Crippen molar-refractivity contribution in [3.63, 3.8) is 0 Å². The minimum atomic E-state index is -0.213. The van der Waals surface area contributed by atoms with Crippen molar-refractivity contribution in [1.29, 1.82) is 0 Å². The van der Waals surface area contributed by atoms with Gasteiger partial charge in [-0.25, -0.2) is 9.07 Å². The number of likely N-dealkylation sites (tertiary alicyclic amines) is 1. The fourth-order valence-electron chi connectivity index (χ4n) is 4.12. The molecule has 0 radical (unpaired) electrons. The minimum absolute atomic E-state index is 0. The second-order valence-corrected chi connectivity index (χ2v) is 7.03. The molecule has 2 saturated heterocycles. The molecule has 1 aromatic carbocycles. The van der Waals surface area contributed by atoms with Gasteiger partial charge in [0.05, 0.1) is 11.4 Å². The van der Waals surface area contributed by atoms with Crippen LogP contribution >= 0.6 is 12.4 Å². The van der Waals surface area contributed by atoms with Gasteiger partial charge in [0.25, 0.3) is 0 Å². The van der Waals surface area contributed by atoms with Crippen LogP contribution in [0, 0.1) is 11.7 Å². The number of hydrogen-bond acceptors (Lipinski definition) is 3. The highest BCUT2D eigenvalue weighted by Crippen LogP contribution is 2.26. The van der Waals surface area contributed by atoms with Gasteiger partial charge in [0.2, 0.25) is 0 Å². The molecule has 2 aliphatic rings. The summed E-state index contributed by atoms with van der Waals surface area (Å²) < 4.78 is 15.0. The smallest absolute Gasteiger partial charge is 0.123 e. The molecule has 0 saturated carbocycles. The van der Waals surface area contributed by atoms with Crippen LogP contribution in [0.4, 0.5) is 4.39 Å². The van der Waals surface area contributed by atoms with E-state index in [9.17, 15) is 4.39 Å². The van der Waals surface area contributed by atoms with Gasteiger partial charge in [0.15, 0.2) is 0 Å². The molecule has 1 atom stereocenters. The molecule has 136 valence electrons. The van der Waals surface area contributed by atoms with Crippen molar-refractivity contribution in [3.05, 3.63) is 48.0 Å². The number of aromatic nitrogens is 2. The third-order valence-electron chi connectivity index (χ3n) is 5.48. The van der Waals surface area contributed by atoms with E-state index >= 15 is 0 Å². The minimum Gasteiger partial charge on any atom is -0.314 e. The van der Waals surface area contributed by atoms with Crippen LogP contribution < -0.4 is 5.32 Å². The van der Waals surface area contributed by atoms with Gasteiger partial charge in [-0.1, -0.05) is 0 Å². The van der Waals surface area contributed by atoms with Crippen LogP contribution in [0.1, 0.15) is 31.4 Å². The van der Waals surface area contributed by atoms with Gasteiger partial charge in [-0.3, -0.25) is 4.90 Å². The lowest BCUT2D eigenvalue weighted by Gasteiger charge is -2.34. The molecule has 1 aromatic heterocycles. The number of halogens is 2. The lowest BCUT2D eigenvalue weighted by Crippen LogP contribution is -2.40. The Labute approximate surface area is 154 Å². The van der Waals surface area contributed by atoms with E-state index in [1.807, 2.05) is 10.9 Å². The molecule has 25 heavy (non-hydrogen) atoms. The van der Waals surface area contributed by atoms with E-state index in [1.165, 1.54) is 50.1 Å². The van der Waals surface area contributed by atoms with Crippen LogP contribution in [-0.4, -0.2) is 40.4 Å². The summed E-state index contributed by atoms with van der Waals surface area (Å²) in [5.74, 6) is 0.626. The summed E-state index contributed by atoms with van der Waals surface area (Å²) in [5.41, 5.74) is 2.08. The molecule has 6 heteroatoms. The normalized spacial score (nSPS) is 22.0. The average molecular weight is 365 g/mol. The summed E-state index contributed by atoms with van der Waals surface area (Å²) in [6.07, 6.45) is 7.07. The molecule has 2 fully saturated rings. The zero-order valence-electron chi connectivity index (χ0n) is 14.4.